The summed E-state index contributed by atoms with van der Waals surface area (Å²) in [5.74, 6) is 0.140. The average Bonchev–Trinajstić information content (AvgIpc) is 2.93. The Morgan fingerprint density at radius 2 is 1.95 bits per heavy atom. The van der Waals surface area contributed by atoms with Gasteiger partial charge in [0.1, 0.15) is 6.26 Å². The van der Waals surface area contributed by atoms with E-state index >= 15 is 0 Å². The molecule has 0 fully saturated rings. The minimum Gasteiger partial charge on any atom is -0.451 e. The van der Waals surface area contributed by atoms with Crippen LogP contribution in [0.2, 0.25) is 0 Å². The minimum absolute atomic E-state index is 0.140. The van der Waals surface area contributed by atoms with Gasteiger partial charge >= 0.3 is 0 Å². The highest BCUT2D eigenvalue weighted by Gasteiger charge is 2.09. The van der Waals surface area contributed by atoms with E-state index in [1.807, 2.05) is 30.3 Å². The predicted octanol–water partition coefficient (Wildman–Crippen LogP) is 1.77. The van der Waals surface area contributed by atoms with E-state index in [2.05, 4.69) is 9.71 Å². The number of sulfonamides is 1. The molecule has 5 nitrogen and oxygen atoms in total. The van der Waals surface area contributed by atoms with Crippen LogP contribution in [0.25, 0.3) is 0 Å². The Balaban J connectivity index is 1.68. The van der Waals surface area contributed by atoms with Crippen LogP contribution in [-0.4, -0.2) is 25.7 Å². The first-order valence-electron chi connectivity index (χ1n) is 6.54. The second-order valence-corrected chi connectivity index (χ2v) is 6.46. The first-order chi connectivity index (χ1) is 9.66. The first kappa shape index (κ1) is 14.7. The van der Waals surface area contributed by atoms with Gasteiger partial charge in [0.15, 0.2) is 6.39 Å². The number of rotatable bonds is 8. The highest BCUT2D eigenvalue weighted by molar-refractivity contribution is 7.89. The van der Waals surface area contributed by atoms with Crippen LogP contribution in [0.5, 0.6) is 0 Å². The summed E-state index contributed by atoms with van der Waals surface area (Å²) in [6.45, 7) is 0.347. The Kier molecular flexibility index (Phi) is 5.31. The summed E-state index contributed by atoms with van der Waals surface area (Å²) in [5.41, 5.74) is 1.90. The molecule has 2 rings (SSSR count). The van der Waals surface area contributed by atoms with E-state index in [0.29, 0.717) is 19.4 Å². The molecule has 0 aliphatic carbocycles. The summed E-state index contributed by atoms with van der Waals surface area (Å²) < 4.78 is 31.0. The van der Waals surface area contributed by atoms with Crippen LogP contribution in [0.3, 0.4) is 0 Å². The monoisotopic (exact) mass is 294 g/mol. The summed E-state index contributed by atoms with van der Waals surface area (Å²) in [7, 11) is -3.21. The van der Waals surface area contributed by atoms with Gasteiger partial charge < -0.3 is 4.42 Å². The standard InChI is InChI=1S/C14H18N2O3S/c17-20(18,16-9-8-14-11-19-12-15-14)10-4-7-13-5-2-1-3-6-13/h1-3,5-6,11-12,16H,4,7-10H2. The molecule has 0 aliphatic heterocycles. The zero-order valence-electron chi connectivity index (χ0n) is 11.2. The molecule has 6 heteroatoms. The first-order valence-corrected chi connectivity index (χ1v) is 8.19. The summed E-state index contributed by atoms with van der Waals surface area (Å²) in [6, 6.07) is 9.88. The largest absolute Gasteiger partial charge is 0.451 e. The molecule has 1 N–H and O–H groups in total. The van der Waals surface area contributed by atoms with E-state index in [-0.39, 0.29) is 5.75 Å². The van der Waals surface area contributed by atoms with Gasteiger partial charge in [0.2, 0.25) is 10.0 Å². The van der Waals surface area contributed by atoms with Crippen molar-refractivity contribution in [2.45, 2.75) is 19.3 Å². The van der Waals surface area contributed by atoms with E-state index < -0.39 is 10.0 Å². The Morgan fingerprint density at radius 1 is 1.15 bits per heavy atom. The minimum atomic E-state index is -3.21. The van der Waals surface area contributed by atoms with Gasteiger partial charge in [-0.1, -0.05) is 30.3 Å². The molecule has 1 heterocycles. The maximum absolute atomic E-state index is 11.8. The normalized spacial score (nSPS) is 11.6. The fraction of sp³-hybridized carbons (Fsp3) is 0.357. The number of hydrogen-bond acceptors (Lipinski definition) is 4. The van der Waals surface area contributed by atoms with E-state index in [4.69, 9.17) is 4.42 Å². The summed E-state index contributed by atoms with van der Waals surface area (Å²) in [4.78, 5) is 3.94. The van der Waals surface area contributed by atoms with Gasteiger partial charge in [-0.3, -0.25) is 0 Å². The van der Waals surface area contributed by atoms with Crippen molar-refractivity contribution >= 4 is 10.0 Å². The van der Waals surface area contributed by atoms with Gasteiger partial charge in [0, 0.05) is 13.0 Å². The summed E-state index contributed by atoms with van der Waals surface area (Å²) >= 11 is 0. The molecule has 0 spiro atoms. The Labute approximate surface area is 119 Å². The van der Waals surface area contributed by atoms with Crippen molar-refractivity contribution in [3.8, 4) is 0 Å². The number of hydrogen-bond donors (Lipinski definition) is 1. The molecule has 108 valence electrons. The predicted molar refractivity (Wildman–Crippen MR) is 76.8 cm³/mol. The van der Waals surface area contributed by atoms with Crippen LogP contribution in [0.4, 0.5) is 0 Å². The molecule has 0 saturated carbocycles. The molecule has 0 saturated heterocycles. The van der Waals surface area contributed by atoms with Crippen LogP contribution in [0.1, 0.15) is 17.7 Å². The Morgan fingerprint density at radius 3 is 2.65 bits per heavy atom. The van der Waals surface area contributed by atoms with Crippen molar-refractivity contribution in [3.05, 3.63) is 54.2 Å². The Hall–Kier alpha value is -1.66. The number of benzene rings is 1. The smallest absolute Gasteiger partial charge is 0.211 e. The topological polar surface area (TPSA) is 72.2 Å². The van der Waals surface area contributed by atoms with Gasteiger partial charge in [-0.2, -0.15) is 0 Å². The van der Waals surface area contributed by atoms with E-state index in [9.17, 15) is 8.42 Å². The molecule has 0 unspecified atom stereocenters. The van der Waals surface area contributed by atoms with Gasteiger partial charge in [-0.15, -0.1) is 0 Å². The molecule has 1 aromatic carbocycles. The molecular weight excluding hydrogens is 276 g/mol. The number of oxazole rings is 1. The molecule has 0 amide bonds. The van der Waals surface area contributed by atoms with E-state index in [1.54, 1.807) is 0 Å². The zero-order chi connectivity index (χ0) is 14.3. The third kappa shape index (κ3) is 5.14. The van der Waals surface area contributed by atoms with E-state index in [0.717, 1.165) is 17.7 Å². The lowest BCUT2D eigenvalue weighted by atomic mass is 10.1. The average molecular weight is 294 g/mol. The van der Waals surface area contributed by atoms with Crippen molar-refractivity contribution in [2.24, 2.45) is 0 Å². The highest BCUT2D eigenvalue weighted by atomic mass is 32.2. The van der Waals surface area contributed by atoms with Crippen molar-refractivity contribution in [1.29, 1.82) is 0 Å². The van der Waals surface area contributed by atoms with Crippen LogP contribution in [0.15, 0.2) is 47.4 Å². The molecule has 1 aromatic heterocycles. The molecular formula is C14H18N2O3S. The molecule has 0 radical (unpaired) electrons. The number of aromatic nitrogens is 1. The SMILES string of the molecule is O=S(=O)(CCCc1ccccc1)NCCc1cocn1. The van der Waals surface area contributed by atoms with Gasteiger partial charge in [0.25, 0.3) is 0 Å². The zero-order valence-corrected chi connectivity index (χ0v) is 12.0. The van der Waals surface area contributed by atoms with Crippen LogP contribution in [0, 0.1) is 0 Å². The maximum Gasteiger partial charge on any atom is 0.211 e. The van der Waals surface area contributed by atoms with Crippen LogP contribution < -0.4 is 4.72 Å². The van der Waals surface area contributed by atoms with Gasteiger partial charge in [0.05, 0.1) is 11.4 Å². The van der Waals surface area contributed by atoms with Crippen molar-refractivity contribution in [1.82, 2.24) is 9.71 Å². The second kappa shape index (κ2) is 7.21. The van der Waals surface area contributed by atoms with Crippen molar-refractivity contribution < 1.29 is 12.8 Å². The third-order valence-electron chi connectivity index (χ3n) is 2.91. The Bertz CT molecular complexity index is 595. The summed E-state index contributed by atoms with van der Waals surface area (Å²) in [6.07, 6.45) is 4.77. The number of nitrogens with zero attached hydrogens (tertiary/aromatic N) is 1. The van der Waals surface area contributed by atoms with Crippen molar-refractivity contribution in [2.75, 3.05) is 12.3 Å². The number of nitrogens with one attached hydrogen (secondary N) is 1. The van der Waals surface area contributed by atoms with Crippen LogP contribution >= 0.6 is 0 Å². The quantitative estimate of drug-likeness (QED) is 0.805. The number of aryl methyl sites for hydroxylation is 1. The third-order valence-corrected chi connectivity index (χ3v) is 4.38. The maximum atomic E-state index is 11.8. The molecule has 2 aromatic rings. The van der Waals surface area contributed by atoms with Crippen LogP contribution in [-0.2, 0) is 22.9 Å². The lowest BCUT2D eigenvalue weighted by Gasteiger charge is -2.05. The van der Waals surface area contributed by atoms with Crippen molar-refractivity contribution in [3.63, 3.8) is 0 Å². The fourth-order valence-corrected chi connectivity index (χ4v) is 2.96. The lowest BCUT2D eigenvalue weighted by molar-refractivity contribution is 0.555. The molecule has 0 aliphatic rings. The summed E-state index contributed by atoms with van der Waals surface area (Å²) in [5, 5.41) is 0. The fourth-order valence-electron chi connectivity index (χ4n) is 1.88. The lowest BCUT2D eigenvalue weighted by Crippen LogP contribution is -2.28. The molecule has 0 bridgehead atoms. The van der Waals surface area contributed by atoms with Gasteiger partial charge in [-0.25, -0.2) is 18.1 Å². The molecule has 20 heavy (non-hydrogen) atoms. The van der Waals surface area contributed by atoms with E-state index in [1.165, 1.54) is 12.7 Å². The highest BCUT2D eigenvalue weighted by Crippen LogP contribution is 2.03. The molecule has 0 atom stereocenters. The second-order valence-electron chi connectivity index (χ2n) is 4.53. The van der Waals surface area contributed by atoms with Gasteiger partial charge in [-0.05, 0) is 18.4 Å².